The number of pyridine rings is 1. The molecule has 4 nitrogen and oxygen atoms in total. The van der Waals surface area contributed by atoms with Gasteiger partial charge in [-0.2, -0.15) is 13.2 Å². The number of rotatable bonds is 3. The van der Waals surface area contributed by atoms with E-state index in [0.717, 1.165) is 11.6 Å². The highest BCUT2D eigenvalue weighted by Crippen LogP contribution is 2.51. The molecule has 0 saturated carbocycles. The minimum atomic E-state index is -4.77. The van der Waals surface area contributed by atoms with Crippen molar-refractivity contribution in [1.29, 1.82) is 0 Å². The highest BCUT2D eigenvalue weighted by molar-refractivity contribution is 7.90. The average Bonchev–Trinajstić information content (AvgIpc) is 2.93. The number of benzene rings is 1. The summed E-state index contributed by atoms with van der Waals surface area (Å²) in [5.74, 6) is -0.0102. The second-order valence-corrected chi connectivity index (χ2v) is 10.1. The first-order valence-electron chi connectivity index (χ1n) is 8.52. The molecule has 0 bridgehead atoms. The Labute approximate surface area is 169 Å². The van der Waals surface area contributed by atoms with Gasteiger partial charge in [-0.15, -0.1) is 4.72 Å². The SMILES string of the molecule is Cc1ccc(-c2nc(Cl)cc3c2OC[C@@]3(N[S+]([O-])C(C)(C)C)C(F)(F)F)cc1. The molecule has 0 fully saturated rings. The second kappa shape index (κ2) is 7.09. The van der Waals surface area contributed by atoms with Crippen molar-refractivity contribution >= 4 is 23.0 Å². The highest BCUT2D eigenvalue weighted by atomic mass is 35.5. The first-order valence-corrected chi connectivity index (χ1v) is 10.1. The lowest BCUT2D eigenvalue weighted by Crippen LogP contribution is -2.60. The summed E-state index contributed by atoms with van der Waals surface area (Å²) >= 11 is 4.08. The molecule has 2 atom stereocenters. The number of ether oxygens (including phenoxy) is 1. The molecule has 1 aromatic heterocycles. The lowest BCUT2D eigenvalue weighted by atomic mass is 9.92. The van der Waals surface area contributed by atoms with E-state index in [1.807, 2.05) is 19.1 Å². The molecule has 9 heteroatoms. The third kappa shape index (κ3) is 3.70. The molecule has 0 radical (unpaired) electrons. The molecule has 0 saturated heterocycles. The number of fused-ring (bicyclic) bond motifs is 1. The number of alkyl halides is 3. The van der Waals surface area contributed by atoms with Crippen LogP contribution in [0.4, 0.5) is 13.2 Å². The average molecular weight is 433 g/mol. The first kappa shape index (κ1) is 21.2. The quantitative estimate of drug-likeness (QED) is 0.553. The van der Waals surface area contributed by atoms with E-state index in [-0.39, 0.29) is 22.2 Å². The van der Waals surface area contributed by atoms with Crippen molar-refractivity contribution in [3.63, 3.8) is 0 Å². The van der Waals surface area contributed by atoms with Crippen LogP contribution in [0.1, 0.15) is 31.9 Å². The molecule has 1 aliphatic heterocycles. The standard InChI is InChI=1S/C19H20ClF3N2O2S/c1-11-5-7-12(8-6-11)15-16-13(9-14(20)24-15)18(10-27-16,19(21,22)23)25-28(26)17(2,3)4/h5-9,25H,10H2,1-4H3/t18-,28?/m0/s1. The molecule has 1 unspecified atom stereocenters. The third-order valence-corrected chi connectivity index (χ3v) is 6.31. The number of nitrogens with zero attached hydrogens (tertiary/aromatic N) is 1. The molecule has 0 spiro atoms. The van der Waals surface area contributed by atoms with Gasteiger partial charge in [-0.1, -0.05) is 41.4 Å². The van der Waals surface area contributed by atoms with Crippen LogP contribution in [0.3, 0.4) is 0 Å². The Morgan fingerprint density at radius 2 is 1.82 bits per heavy atom. The summed E-state index contributed by atoms with van der Waals surface area (Å²) in [5, 5.41) is -0.100. The highest BCUT2D eigenvalue weighted by Gasteiger charge is 2.65. The van der Waals surface area contributed by atoms with Gasteiger partial charge in [-0.05, 0) is 33.8 Å². The van der Waals surface area contributed by atoms with E-state index in [0.29, 0.717) is 5.56 Å². The monoisotopic (exact) mass is 432 g/mol. The van der Waals surface area contributed by atoms with Gasteiger partial charge in [0.15, 0.2) is 5.75 Å². The molecule has 0 amide bonds. The molecule has 1 aromatic carbocycles. The fraction of sp³-hybridized carbons (Fsp3) is 0.421. The van der Waals surface area contributed by atoms with E-state index in [1.165, 1.54) is 0 Å². The van der Waals surface area contributed by atoms with Crippen molar-refractivity contribution in [3.8, 4) is 17.0 Å². The predicted octanol–water partition coefficient (Wildman–Crippen LogP) is 4.91. The van der Waals surface area contributed by atoms with Crippen molar-refractivity contribution in [2.45, 2.75) is 44.2 Å². The summed E-state index contributed by atoms with van der Waals surface area (Å²) in [7, 11) is 0. The van der Waals surface area contributed by atoms with Crippen LogP contribution in [0.2, 0.25) is 5.15 Å². The van der Waals surface area contributed by atoms with Crippen molar-refractivity contribution in [2.75, 3.05) is 6.61 Å². The Morgan fingerprint density at radius 1 is 1.21 bits per heavy atom. The number of hydrogen-bond donors (Lipinski definition) is 1. The van der Waals surface area contributed by atoms with Crippen LogP contribution in [-0.4, -0.2) is 27.1 Å². The third-order valence-electron chi connectivity index (χ3n) is 4.47. The lowest BCUT2D eigenvalue weighted by Gasteiger charge is -2.35. The van der Waals surface area contributed by atoms with Gasteiger partial charge in [0, 0.05) is 22.5 Å². The molecule has 2 aromatic rings. The zero-order valence-corrected chi connectivity index (χ0v) is 17.4. The number of hydrogen-bond acceptors (Lipinski definition) is 4. The van der Waals surface area contributed by atoms with Crippen LogP contribution in [-0.2, 0) is 16.9 Å². The predicted molar refractivity (Wildman–Crippen MR) is 104 cm³/mol. The Bertz CT molecular complexity index is 884. The summed E-state index contributed by atoms with van der Waals surface area (Å²) in [6, 6.07) is 8.26. The first-order chi connectivity index (χ1) is 12.8. The normalized spacial score (nSPS) is 20.6. The minimum Gasteiger partial charge on any atom is -0.598 e. The number of aryl methyl sites for hydroxylation is 1. The summed E-state index contributed by atoms with van der Waals surface area (Å²) in [4.78, 5) is 4.19. The molecule has 28 heavy (non-hydrogen) atoms. The van der Waals surface area contributed by atoms with Crippen LogP contribution >= 0.6 is 11.6 Å². The van der Waals surface area contributed by atoms with Gasteiger partial charge in [0.05, 0.1) is 0 Å². The van der Waals surface area contributed by atoms with E-state index in [2.05, 4.69) is 9.71 Å². The van der Waals surface area contributed by atoms with E-state index in [4.69, 9.17) is 16.3 Å². The largest absolute Gasteiger partial charge is 0.598 e. The molecule has 152 valence electrons. The van der Waals surface area contributed by atoms with Crippen molar-refractivity contribution in [3.05, 3.63) is 46.6 Å². The van der Waals surface area contributed by atoms with Gasteiger partial charge in [-0.3, -0.25) is 0 Å². The van der Waals surface area contributed by atoms with Gasteiger partial charge < -0.3 is 9.29 Å². The molecule has 2 heterocycles. The summed E-state index contributed by atoms with van der Waals surface area (Å²) in [6.45, 7) is 5.92. The number of nitrogens with one attached hydrogen (secondary N) is 1. The molecule has 0 aliphatic carbocycles. The lowest BCUT2D eigenvalue weighted by molar-refractivity contribution is -0.196. The minimum absolute atomic E-state index is 0.0102. The van der Waals surface area contributed by atoms with Crippen LogP contribution in [0.15, 0.2) is 30.3 Å². The summed E-state index contributed by atoms with van der Waals surface area (Å²) in [6.07, 6.45) is -4.77. The smallest absolute Gasteiger partial charge is 0.418 e. The van der Waals surface area contributed by atoms with Crippen molar-refractivity contribution in [2.24, 2.45) is 0 Å². The maximum atomic E-state index is 14.2. The maximum absolute atomic E-state index is 14.2. The zero-order chi connectivity index (χ0) is 20.9. The number of halogens is 4. The molecule has 3 rings (SSSR count). The van der Waals surface area contributed by atoms with Gasteiger partial charge in [0.2, 0.25) is 5.54 Å². The van der Waals surface area contributed by atoms with Gasteiger partial charge in [-0.25, -0.2) is 4.98 Å². The zero-order valence-electron chi connectivity index (χ0n) is 15.8. The topological polar surface area (TPSA) is 57.2 Å². The Morgan fingerprint density at radius 3 is 2.36 bits per heavy atom. The van der Waals surface area contributed by atoms with Gasteiger partial charge in [0.25, 0.3) is 0 Å². The molecule has 1 N–H and O–H groups in total. The fourth-order valence-corrected chi connectivity index (χ4v) is 3.92. The summed E-state index contributed by atoms with van der Waals surface area (Å²) in [5.41, 5.74) is -1.06. The van der Waals surface area contributed by atoms with Crippen LogP contribution in [0.25, 0.3) is 11.3 Å². The molecular formula is C19H20ClF3N2O2S. The van der Waals surface area contributed by atoms with Gasteiger partial charge >= 0.3 is 6.18 Å². The van der Waals surface area contributed by atoms with E-state index in [1.54, 1.807) is 32.9 Å². The van der Waals surface area contributed by atoms with Crippen molar-refractivity contribution < 1.29 is 22.5 Å². The van der Waals surface area contributed by atoms with E-state index < -0.39 is 34.4 Å². The Balaban J connectivity index is 2.18. The Kier molecular flexibility index (Phi) is 5.38. The van der Waals surface area contributed by atoms with Crippen LogP contribution < -0.4 is 9.46 Å². The fourth-order valence-electron chi connectivity index (χ4n) is 2.82. The molecule has 1 aliphatic rings. The molecular weight excluding hydrogens is 413 g/mol. The Hall–Kier alpha value is -1.48. The van der Waals surface area contributed by atoms with Gasteiger partial charge in [0.1, 0.15) is 22.2 Å². The van der Waals surface area contributed by atoms with Crippen molar-refractivity contribution in [1.82, 2.24) is 9.71 Å². The summed E-state index contributed by atoms with van der Waals surface area (Å²) < 4.78 is 62.1. The maximum Gasteiger partial charge on any atom is 0.418 e. The second-order valence-electron chi connectivity index (χ2n) is 7.71. The van der Waals surface area contributed by atoms with Crippen LogP contribution in [0, 0.1) is 6.92 Å². The van der Waals surface area contributed by atoms with E-state index in [9.17, 15) is 17.7 Å². The number of aromatic nitrogens is 1. The van der Waals surface area contributed by atoms with E-state index >= 15 is 0 Å². The van der Waals surface area contributed by atoms with Crippen LogP contribution in [0.5, 0.6) is 5.75 Å².